The Bertz CT molecular complexity index is 1180. The molecule has 0 saturated carbocycles. The zero-order chi connectivity index (χ0) is 15.6. The lowest BCUT2D eigenvalue weighted by molar-refractivity contribution is 0.797. The van der Waals surface area contributed by atoms with Crippen molar-refractivity contribution in [3.8, 4) is 11.5 Å². The van der Waals surface area contributed by atoms with Crippen LogP contribution in [0.3, 0.4) is 0 Å². The molecule has 2 aromatic carbocycles. The molecule has 110 valence electrons. The van der Waals surface area contributed by atoms with Gasteiger partial charge < -0.3 is 0 Å². The van der Waals surface area contributed by atoms with Crippen LogP contribution in [0.15, 0.2) is 53.3 Å². The van der Waals surface area contributed by atoms with E-state index < -0.39 is 0 Å². The zero-order valence-corrected chi connectivity index (χ0v) is 12.7. The Labute approximate surface area is 136 Å². The fourth-order valence-corrected chi connectivity index (χ4v) is 3.40. The Hall–Kier alpha value is -2.72. The summed E-state index contributed by atoms with van der Waals surface area (Å²) in [6.45, 7) is 0.497. The van der Waals surface area contributed by atoms with Crippen LogP contribution in [0, 0.1) is 0 Å². The van der Waals surface area contributed by atoms with Gasteiger partial charge in [-0.3, -0.25) is 9.36 Å². The monoisotopic (exact) mass is 319 g/mol. The number of aromatic nitrogens is 3. The van der Waals surface area contributed by atoms with Gasteiger partial charge in [-0.2, -0.15) is 0 Å². The summed E-state index contributed by atoms with van der Waals surface area (Å²) < 4.78 is 1.68. The van der Waals surface area contributed by atoms with Gasteiger partial charge in [0.05, 0.1) is 28.0 Å². The molecule has 1 aliphatic heterocycles. The standard InChI is InChI=1S/C18H10ClN3O/c19-13-6-3-5-12-16(13)21-17-15-11(9-22(17)18(12)23)8-10-4-1-2-7-14(10)20-15/h1-8H,9H2. The first-order chi connectivity index (χ1) is 11.2. The molecular formula is C18H10ClN3O. The zero-order valence-electron chi connectivity index (χ0n) is 12.0. The maximum Gasteiger partial charge on any atom is 0.262 e. The smallest absolute Gasteiger partial charge is 0.262 e. The highest BCUT2D eigenvalue weighted by Gasteiger charge is 2.24. The van der Waals surface area contributed by atoms with Crippen molar-refractivity contribution in [3.05, 3.63) is 69.5 Å². The van der Waals surface area contributed by atoms with Crippen LogP contribution in [0.2, 0.25) is 5.02 Å². The number of fused-ring (bicyclic) bond motifs is 5. The molecule has 0 aliphatic carbocycles. The first-order valence-electron chi connectivity index (χ1n) is 7.30. The van der Waals surface area contributed by atoms with Crippen molar-refractivity contribution in [1.29, 1.82) is 0 Å². The number of hydrogen-bond donors (Lipinski definition) is 0. The van der Waals surface area contributed by atoms with E-state index >= 15 is 0 Å². The molecule has 1 aliphatic rings. The second kappa shape index (κ2) is 4.40. The Morgan fingerprint density at radius 1 is 1.04 bits per heavy atom. The molecule has 23 heavy (non-hydrogen) atoms. The molecule has 0 amide bonds. The molecule has 3 heterocycles. The highest BCUT2D eigenvalue weighted by atomic mass is 35.5. The largest absolute Gasteiger partial charge is 0.286 e. The SMILES string of the molecule is O=c1c2cccc(Cl)c2nc2n1Cc1cc3ccccc3nc1-2. The summed E-state index contributed by atoms with van der Waals surface area (Å²) in [5.74, 6) is 0.594. The van der Waals surface area contributed by atoms with Crippen LogP contribution in [0.5, 0.6) is 0 Å². The van der Waals surface area contributed by atoms with Gasteiger partial charge in [0.1, 0.15) is 5.69 Å². The number of rotatable bonds is 0. The molecule has 2 aromatic heterocycles. The molecule has 0 N–H and O–H groups in total. The van der Waals surface area contributed by atoms with Gasteiger partial charge >= 0.3 is 0 Å². The molecular weight excluding hydrogens is 310 g/mol. The predicted octanol–water partition coefficient (Wildman–Crippen LogP) is 3.63. The van der Waals surface area contributed by atoms with Gasteiger partial charge in [0, 0.05) is 10.9 Å². The Balaban J connectivity index is 1.90. The van der Waals surface area contributed by atoms with Crippen LogP contribution < -0.4 is 5.56 Å². The van der Waals surface area contributed by atoms with Crippen LogP contribution in [-0.2, 0) is 6.54 Å². The number of nitrogens with zero attached hydrogens (tertiary/aromatic N) is 3. The summed E-state index contributed by atoms with van der Waals surface area (Å²) in [7, 11) is 0. The van der Waals surface area contributed by atoms with Gasteiger partial charge in [0.2, 0.25) is 0 Å². The minimum atomic E-state index is -0.0745. The lowest BCUT2D eigenvalue weighted by Crippen LogP contribution is -2.20. The molecule has 0 atom stereocenters. The average Bonchev–Trinajstić information content (AvgIpc) is 2.92. The quantitative estimate of drug-likeness (QED) is 0.438. The van der Waals surface area contributed by atoms with Gasteiger partial charge in [-0.1, -0.05) is 35.9 Å². The first-order valence-corrected chi connectivity index (χ1v) is 7.68. The Morgan fingerprint density at radius 3 is 2.83 bits per heavy atom. The maximum absolute atomic E-state index is 12.8. The lowest BCUT2D eigenvalue weighted by Gasteiger charge is -2.05. The van der Waals surface area contributed by atoms with Gasteiger partial charge in [-0.05, 0) is 24.3 Å². The highest BCUT2D eigenvalue weighted by Crippen LogP contribution is 2.32. The third-order valence-electron chi connectivity index (χ3n) is 4.28. The van der Waals surface area contributed by atoms with Crippen LogP contribution in [-0.4, -0.2) is 14.5 Å². The lowest BCUT2D eigenvalue weighted by atomic mass is 10.1. The normalized spacial score (nSPS) is 12.6. The molecule has 4 nitrogen and oxygen atoms in total. The summed E-state index contributed by atoms with van der Waals surface area (Å²) in [5, 5.41) is 2.09. The van der Waals surface area contributed by atoms with Crippen LogP contribution in [0.1, 0.15) is 5.56 Å². The predicted molar refractivity (Wildman–Crippen MR) is 90.9 cm³/mol. The highest BCUT2D eigenvalue weighted by molar-refractivity contribution is 6.35. The Morgan fingerprint density at radius 2 is 1.91 bits per heavy atom. The van der Waals surface area contributed by atoms with E-state index in [1.165, 1.54) is 0 Å². The van der Waals surface area contributed by atoms with E-state index in [1.54, 1.807) is 22.8 Å². The van der Waals surface area contributed by atoms with Crippen molar-refractivity contribution in [2.75, 3.05) is 0 Å². The van der Waals surface area contributed by atoms with Crippen molar-refractivity contribution in [2.24, 2.45) is 0 Å². The molecule has 5 heteroatoms. The molecule has 0 unspecified atom stereocenters. The summed E-state index contributed by atoms with van der Waals surface area (Å²) in [6, 6.07) is 15.3. The summed E-state index contributed by atoms with van der Waals surface area (Å²) >= 11 is 6.22. The third kappa shape index (κ3) is 1.69. The van der Waals surface area contributed by atoms with Gasteiger partial charge in [0.15, 0.2) is 5.82 Å². The minimum Gasteiger partial charge on any atom is -0.286 e. The van der Waals surface area contributed by atoms with Gasteiger partial charge in [0.25, 0.3) is 5.56 Å². The average molecular weight is 320 g/mol. The molecule has 0 fully saturated rings. The fraction of sp³-hybridized carbons (Fsp3) is 0.0556. The molecule has 0 radical (unpaired) electrons. The van der Waals surface area contributed by atoms with Crippen molar-refractivity contribution in [2.45, 2.75) is 6.54 Å². The molecule has 5 rings (SSSR count). The number of hydrogen-bond acceptors (Lipinski definition) is 3. The van der Waals surface area contributed by atoms with Crippen LogP contribution >= 0.6 is 11.6 Å². The minimum absolute atomic E-state index is 0.0745. The van der Waals surface area contributed by atoms with Crippen molar-refractivity contribution < 1.29 is 0 Å². The second-order valence-corrected chi connectivity index (χ2v) is 6.06. The third-order valence-corrected chi connectivity index (χ3v) is 4.58. The van der Waals surface area contributed by atoms with E-state index in [9.17, 15) is 4.79 Å². The topological polar surface area (TPSA) is 47.8 Å². The van der Waals surface area contributed by atoms with Crippen LogP contribution in [0.4, 0.5) is 0 Å². The number of para-hydroxylation sites is 2. The summed E-state index contributed by atoms with van der Waals surface area (Å²) in [4.78, 5) is 22.1. The van der Waals surface area contributed by atoms with E-state index in [0.717, 1.165) is 22.2 Å². The van der Waals surface area contributed by atoms with Crippen molar-refractivity contribution >= 4 is 33.4 Å². The molecule has 4 aromatic rings. The van der Waals surface area contributed by atoms with Crippen molar-refractivity contribution in [3.63, 3.8) is 0 Å². The fourth-order valence-electron chi connectivity index (χ4n) is 3.18. The van der Waals surface area contributed by atoms with Gasteiger partial charge in [-0.25, -0.2) is 9.97 Å². The van der Waals surface area contributed by atoms with E-state index in [1.807, 2.05) is 24.3 Å². The summed E-state index contributed by atoms with van der Waals surface area (Å²) in [5.41, 5.74) is 3.14. The number of halogens is 1. The van der Waals surface area contributed by atoms with E-state index in [2.05, 4.69) is 11.1 Å². The molecule has 0 spiro atoms. The van der Waals surface area contributed by atoms with E-state index in [0.29, 0.717) is 28.3 Å². The van der Waals surface area contributed by atoms with Crippen LogP contribution in [0.25, 0.3) is 33.3 Å². The van der Waals surface area contributed by atoms with E-state index in [4.69, 9.17) is 16.6 Å². The molecule has 0 bridgehead atoms. The second-order valence-electron chi connectivity index (χ2n) is 5.65. The number of benzene rings is 2. The van der Waals surface area contributed by atoms with Gasteiger partial charge in [-0.15, -0.1) is 0 Å². The maximum atomic E-state index is 12.8. The Kier molecular flexibility index (Phi) is 2.44. The molecule has 0 saturated heterocycles. The van der Waals surface area contributed by atoms with E-state index in [-0.39, 0.29) is 5.56 Å². The number of pyridine rings is 1. The first kappa shape index (κ1) is 12.8. The summed E-state index contributed by atoms with van der Waals surface area (Å²) in [6.07, 6.45) is 0. The van der Waals surface area contributed by atoms with Crippen molar-refractivity contribution in [1.82, 2.24) is 14.5 Å².